The Hall–Kier alpha value is -3.29. The van der Waals surface area contributed by atoms with Gasteiger partial charge in [0.2, 0.25) is 0 Å². The minimum Gasteiger partial charge on any atom is -0.459 e. The van der Waals surface area contributed by atoms with Crippen LogP contribution >= 0.6 is 0 Å². The summed E-state index contributed by atoms with van der Waals surface area (Å²) in [6.07, 6.45) is 0.623. The molecule has 26 heavy (non-hydrogen) atoms. The third kappa shape index (κ3) is 5.66. The summed E-state index contributed by atoms with van der Waals surface area (Å²) in [5.41, 5.74) is 5.32. The van der Waals surface area contributed by atoms with Gasteiger partial charge < -0.3 is 14.5 Å². The van der Waals surface area contributed by atoms with Gasteiger partial charge in [0.15, 0.2) is 5.76 Å². The molecule has 0 spiro atoms. The van der Waals surface area contributed by atoms with Crippen LogP contribution in [-0.2, 0) is 16.1 Å². The molecule has 0 aliphatic heterocycles. The maximum atomic E-state index is 12.2. The van der Waals surface area contributed by atoms with Crippen LogP contribution in [0.25, 0.3) is 0 Å². The van der Waals surface area contributed by atoms with E-state index in [2.05, 4.69) is 16.2 Å². The Bertz CT molecular complexity index is 729. The molecule has 0 aliphatic rings. The van der Waals surface area contributed by atoms with Crippen molar-refractivity contribution in [2.24, 2.45) is 5.92 Å². The highest BCUT2D eigenvalue weighted by atomic mass is 16.5. The van der Waals surface area contributed by atoms with Crippen LogP contribution in [0.15, 0.2) is 53.1 Å². The quantitative estimate of drug-likeness (QED) is 0.683. The van der Waals surface area contributed by atoms with E-state index in [4.69, 9.17) is 9.15 Å². The number of furan rings is 1. The number of hydrogen-bond acceptors (Lipinski definition) is 5. The lowest BCUT2D eigenvalue weighted by Gasteiger charge is -2.21. The normalized spacial score (nSPS) is 11.5. The zero-order valence-electron chi connectivity index (χ0n) is 14.5. The molecule has 8 nitrogen and oxygen atoms in total. The molecule has 1 aromatic heterocycles. The van der Waals surface area contributed by atoms with Gasteiger partial charge in [0.1, 0.15) is 12.6 Å². The molecule has 2 aromatic rings. The van der Waals surface area contributed by atoms with Gasteiger partial charge in [-0.05, 0) is 23.6 Å². The van der Waals surface area contributed by atoms with E-state index in [0.29, 0.717) is 0 Å². The van der Waals surface area contributed by atoms with E-state index in [0.717, 1.165) is 5.56 Å². The third-order valence-electron chi connectivity index (χ3n) is 3.48. The van der Waals surface area contributed by atoms with Gasteiger partial charge >= 0.3 is 12.0 Å². The fourth-order valence-corrected chi connectivity index (χ4v) is 2.09. The molecule has 2 rings (SSSR count). The second-order valence-corrected chi connectivity index (χ2v) is 5.85. The lowest BCUT2D eigenvalue weighted by Crippen LogP contribution is -2.54. The maximum absolute atomic E-state index is 12.2. The summed E-state index contributed by atoms with van der Waals surface area (Å²) in [4.78, 5) is 35.9. The molecule has 1 atom stereocenters. The number of rotatable bonds is 6. The highest BCUT2D eigenvalue weighted by Gasteiger charge is 2.25. The number of benzene rings is 1. The number of hydrazine groups is 1. The molecular weight excluding hydrogens is 338 g/mol. The molecule has 1 heterocycles. The number of hydrogen-bond donors (Lipinski definition) is 3. The van der Waals surface area contributed by atoms with Gasteiger partial charge in [-0.2, -0.15) is 0 Å². The van der Waals surface area contributed by atoms with Crippen molar-refractivity contribution in [3.8, 4) is 0 Å². The first-order valence-electron chi connectivity index (χ1n) is 8.08. The Labute approximate surface area is 150 Å². The summed E-state index contributed by atoms with van der Waals surface area (Å²) in [5.74, 6) is -1.34. The van der Waals surface area contributed by atoms with Gasteiger partial charge in [-0.1, -0.05) is 44.2 Å². The lowest BCUT2D eigenvalue weighted by atomic mass is 10.0. The molecule has 3 N–H and O–H groups in total. The van der Waals surface area contributed by atoms with Crippen molar-refractivity contribution < 1.29 is 23.5 Å². The fraction of sp³-hybridized carbons (Fsp3) is 0.278. The average Bonchev–Trinajstić information content (AvgIpc) is 3.17. The van der Waals surface area contributed by atoms with Gasteiger partial charge in [0.05, 0.1) is 6.26 Å². The van der Waals surface area contributed by atoms with Crippen molar-refractivity contribution in [2.45, 2.75) is 26.5 Å². The van der Waals surface area contributed by atoms with E-state index in [1.165, 1.54) is 12.3 Å². The maximum Gasteiger partial charge on any atom is 0.408 e. The fourth-order valence-electron chi connectivity index (χ4n) is 2.09. The van der Waals surface area contributed by atoms with Crippen LogP contribution in [0.1, 0.15) is 30.0 Å². The van der Waals surface area contributed by atoms with E-state index in [1.807, 2.05) is 30.3 Å². The summed E-state index contributed by atoms with van der Waals surface area (Å²) in [6, 6.07) is 11.3. The van der Waals surface area contributed by atoms with Crippen LogP contribution in [0.4, 0.5) is 4.79 Å². The number of alkyl carbamates (subject to hydrolysis) is 1. The molecule has 0 bridgehead atoms. The standard InChI is InChI=1S/C18H21N3O5/c1-12(2)15(17(23)21-20-16(22)14-9-6-10-25-14)19-18(24)26-11-13-7-4-3-5-8-13/h3-10,12,15H,11H2,1-2H3,(H,19,24)(H,20,22)(H,21,23)/t15-/m0/s1. The van der Waals surface area contributed by atoms with Gasteiger partial charge in [-0.3, -0.25) is 20.4 Å². The number of carbonyl (C=O) groups excluding carboxylic acids is 3. The second kappa shape index (κ2) is 9.26. The number of nitrogens with one attached hydrogen (secondary N) is 3. The Morgan fingerprint density at radius 3 is 2.38 bits per heavy atom. The predicted octanol–water partition coefficient (Wildman–Crippen LogP) is 1.99. The smallest absolute Gasteiger partial charge is 0.408 e. The van der Waals surface area contributed by atoms with Crippen LogP contribution in [0.3, 0.4) is 0 Å². The second-order valence-electron chi connectivity index (χ2n) is 5.85. The van der Waals surface area contributed by atoms with Crippen molar-refractivity contribution in [1.82, 2.24) is 16.2 Å². The molecule has 0 fully saturated rings. The number of amides is 3. The van der Waals surface area contributed by atoms with Crippen LogP contribution in [0, 0.1) is 5.92 Å². The van der Waals surface area contributed by atoms with E-state index >= 15 is 0 Å². The highest BCUT2D eigenvalue weighted by Crippen LogP contribution is 2.05. The van der Waals surface area contributed by atoms with E-state index < -0.39 is 23.9 Å². The molecule has 8 heteroatoms. The number of ether oxygens (including phenoxy) is 1. The summed E-state index contributed by atoms with van der Waals surface area (Å²) in [7, 11) is 0. The van der Waals surface area contributed by atoms with Gasteiger partial charge in [0, 0.05) is 0 Å². The molecule has 0 radical (unpaired) electrons. The van der Waals surface area contributed by atoms with Crippen LogP contribution in [-0.4, -0.2) is 23.9 Å². The zero-order chi connectivity index (χ0) is 18.9. The summed E-state index contributed by atoms with van der Waals surface area (Å²) >= 11 is 0. The SMILES string of the molecule is CC(C)[C@H](NC(=O)OCc1ccccc1)C(=O)NNC(=O)c1ccco1. The first-order valence-corrected chi connectivity index (χ1v) is 8.08. The zero-order valence-corrected chi connectivity index (χ0v) is 14.5. The van der Waals surface area contributed by atoms with Gasteiger partial charge in [0.25, 0.3) is 5.91 Å². The minimum atomic E-state index is -0.879. The summed E-state index contributed by atoms with van der Waals surface area (Å²) < 4.78 is 10.0. The van der Waals surface area contributed by atoms with E-state index in [-0.39, 0.29) is 18.3 Å². The number of carbonyl (C=O) groups is 3. The Morgan fingerprint density at radius 2 is 1.77 bits per heavy atom. The molecule has 138 valence electrons. The molecule has 0 unspecified atom stereocenters. The molecule has 0 aliphatic carbocycles. The summed E-state index contributed by atoms with van der Waals surface area (Å²) in [6.45, 7) is 3.61. The van der Waals surface area contributed by atoms with Crippen molar-refractivity contribution in [3.63, 3.8) is 0 Å². The van der Waals surface area contributed by atoms with Crippen molar-refractivity contribution in [3.05, 3.63) is 60.1 Å². The van der Waals surface area contributed by atoms with Gasteiger partial charge in [-0.25, -0.2) is 4.79 Å². The van der Waals surface area contributed by atoms with Crippen LogP contribution in [0.5, 0.6) is 0 Å². The van der Waals surface area contributed by atoms with Gasteiger partial charge in [-0.15, -0.1) is 0 Å². The first-order chi connectivity index (χ1) is 12.5. The van der Waals surface area contributed by atoms with E-state index in [1.54, 1.807) is 19.9 Å². The minimum absolute atomic E-state index is 0.0571. The molecule has 3 amide bonds. The average molecular weight is 359 g/mol. The van der Waals surface area contributed by atoms with E-state index in [9.17, 15) is 14.4 Å². The molecule has 0 saturated heterocycles. The molecular formula is C18H21N3O5. The predicted molar refractivity (Wildman–Crippen MR) is 92.7 cm³/mol. The Morgan fingerprint density at radius 1 is 1.04 bits per heavy atom. The highest BCUT2D eigenvalue weighted by molar-refractivity contribution is 5.94. The third-order valence-corrected chi connectivity index (χ3v) is 3.48. The first kappa shape index (κ1) is 19.0. The van der Waals surface area contributed by atoms with Crippen LogP contribution < -0.4 is 16.2 Å². The Kier molecular flexibility index (Phi) is 6.78. The Balaban J connectivity index is 1.83. The van der Waals surface area contributed by atoms with Crippen molar-refractivity contribution in [2.75, 3.05) is 0 Å². The molecule has 1 aromatic carbocycles. The van der Waals surface area contributed by atoms with Crippen molar-refractivity contribution in [1.29, 1.82) is 0 Å². The summed E-state index contributed by atoms with van der Waals surface area (Å²) in [5, 5.41) is 2.50. The lowest BCUT2D eigenvalue weighted by molar-refractivity contribution is -0.124. The molecule has 0 saturated carbocycles. The largest absolute Gasteiger partial charge is 0.459 e. The van der Waals surface area contributed by atoms with Crippen LogP contribution in [0.2, 0.25) is 0 Å². The monoisotopic (exact) mass is 359 g/mol. The topological polar surface area (TPSA) is 110 Å². The van der Waals surface area contributed by atoms with Crippen molar-refractivity contribution >= 4 is 17.9 Å².